The topological polar surface area (TPSA) is 66.5 Å². The van der Waals surface area contributed by atoms with Crippen LogP contribution in [-0.4, -0.2) is 37.8 Å². The van der Waals surface area contributed by atoms with E-state index in [9.17, 15) is 13.2 Å². The number of nitrogens with zero attached hydrogens (tertiary/aromatic N) is 1. The van der Waals surface area contributed by atoms with Gasteiger partial charge in [-0.3, -0.25) is 4.79 Å². The lowest BCUT2D eigenvalue weighted by Gasteiger charge is -2.33. The molecule has 0 atom stereocenters. The third-order valence-corrected chi connectivity index (χ3v) is 8.38. The van der Waals surface area contributed by atoms with Crippen molar-refractivity contribution in [3.8, 4) is 0 Å². The second-order valence-corrected chi connectivity index (χ2v) is 10.2. The summed E-state index contributed by atoms with van der Waals surface area (Å²) in [5.74, 6) is 0.335. The zero-order valence-corrected chi connectivity index (χ0v) is 16.8. The van der Waals surface area contributed by atoms with Crippen LogP contribution in [0.2, 0.25) is 0 Å². The number of sulfonamides is 1. The maximum Gasteiger partial charge on any atom is 0.243 e. The summed E-state index contributed by atoms with van der Waals surface area (Å²) in [5.41, 5.74) is 2.48. The molecule has 0 aromatic heterocycles. The van der Waals surface area contributed by atoms with Crippen molar-refractivity contribution in [2.75, 3.05) is 13.1 Å². The Labute approximate surface area is 162 Å². The Morgan fingerprint density at radius 1 is 0.926 bits per heavy atom. The van der Waals surface area contributed by atoms with Crippen molar-refractivity contribution < 1.29 is 13.2 Å². The quantitative estimate of drug-likeness (QED) is 0.859. The molecule has 3 aliphatic rings. The van der Waals surface area contributed by atoms with Crippen LogP contribution in [-0.2, 0) is 27.7 Å². The Balaban J connectivity index is 1.35. The van der Waals surface area contributed by atoms with Crippen LogP contribution in [0.15, 0.2) is 23.1 Å². The van der Waals surface area contributed by atoms with Gasteiger partial charge in [0, 0.05) is 25.0 Å². The van der Waals surface area contributed by atoms with Crippen LogP contribution >= 0.6 is 0 Å². The van der Waals surface area contributed by atoms with Gasteiger partial charge < -0.3 is 5.32 Å². The van der Waals surface area contributed by atoms with E-state index in [0.717, 1.165) is 44.9 Å². The molecule has 4 rings (SSSR count). The summed E-state index contributed by atoms with van der Waals surface area (Å²) in [5, 5.41) is 3.17. The van der Waals surface area contributed by atoms with Crippen molar-refractivity contribution in [1.29, 1.82) is 0 Å². The van der Waals surface area contributed by atoms with E-state index in [1.165, 1.54) is 17.5 Å². The fourth-order valence-corrected chi connectivity index (χ4v) is 6.30. The summed E-state index contributed by atoms with van der Waals surface area (Å²) in [6.07, 6.45) is 10.1. The summed E-state index contributed by atoms with van der Waals surface area (Å²) >= 11 is 0. The highest BCUT2D eigenvalue weighted by Crippen LogP contribution is 2.28. The highest BCUT2D eigenvalue weighted by Gasteiger charge is 2.31. The van der Waals surface area contributed by atoms with Crippen LogP contribution in [0.3, 0.4) is 0 Å². The highest BCUT2D eigenvalue weighted by molar-refractivity contribution is 7.89. The summed E-state index contributed by atoms with van der Waals surface area (Å²) in [7, 11) is -3.44. The minimum absolute atomic E-state index is 0.103. The number of fused-ring (bicyclic) bond motifs is 1. The zero-order valence-electron chi connectivity index (χ0n) is 16.0. The molecule has 0 bridgehead atoms. The molecule has 148 valence electrons. The monoisotopic (exact) mass is 390 g/mol. The number of benzene rings is 1. The van der Waals surface area contributed by atoms with Gasteiger partial charge in [0.05, 0.1) is 4.90 Å². The molecule has 0 radical (unpaired) electrons. The molecule has 0 unspecified atom stereocenters. The minimum atomic E-state index is -3.44. The number of rotatable bonds is 4. The number of carbonyl (C=O) groups excluding carboxylic acids is 1. The van der Waals surface area contributed by atoms with Crippen molar-refractivity contribution in [3.05, 3.63) is 29.3 Å². The molecule has 5 nitrogen and oxygen atoms in total. The number of aryl methyl sites for hydroxylation is 2. The second kappa shape index (κ2) is 7.92. The van der Waals surface area contributed by atoms with Crippen molar-refractivity contribution in [3.63, 3.8) is 0 Å². The van der Waals surface area contributed by atoms with Crippen LogP contribution < -0.4 is 5.32 Å². The molecule has 1 saturated heterocycles. The molecule has 1 aromatic rings. The fourth-order valence-electron chi connectivity index (χ4n) is 4.78. The van der Waals surface area contributed by atoms with Crippen molar-refractivity contribution in [1.82, 2.24) is 9.62 Å². The predicted molar refractivity (Wildman–Crippen MR) is 105 cm³/mol. The molecule has 6 heteroatoms. The van der Waals surface area contributed by atoms with E-state index in [4.69, 9.17) is 0 Å². The normalized spacial score (nSPS) is 22.5. The maximum atomic E-state index is 13.0. The molecule has 1 amide bonds. The first-order valence-corrected chi connectivity index (χ1v) is 11.9. The number of amides is 1. The molecule has 2 fully saturated rings. The van der Waals surface area contributed by atoms with Crippen molar-refractivity contribution in [2.45, 2.75) is 75.1 Å². The lowest BCUT2D eigenvalue weighted by molar-refractivity contribution is -0.126. The molecule has 1 saturated carbocycles. The highest BCUT2D eigenvalue weighted by atomic mass is 32.2. The van der Waals surface area contributed by atoms with Crippen LogP contribution in [0.4, 0.5) is 0 Å². The number of hydrogen-bond acceptors (Lipinski definition) is 3. The van der Waals surface area contributed by atoms with Crippen LogP contribution in [0.25, 0.3) is 0 Å². The van der Waals surface area contributed by atoms with E-state index < -0.39 is 10.0 Å². The molecule has 1 aromatic carbocycles. The van der Waals surface area contributed by atoms with Gasteiger partial charge in [0.1, 0.15) is 0 Å². The molecule has 0 spiro atoms. The Bertz CT molecular complexity index is 792. The average Bonchev–Trinajstić information content (AvgIpc) is 3.17. The second-order valence-electron chi connectivity index (χ2n) is 8.31. The van der Waals surface area contributed by atoms with Crippen molar-refractivity contribution in [2.24, 2.45) is 5.92 Å². The number of carbonyl (C=O) groups is 1. The Hall–Kier alpha value is -1.40. The van der Waals surface area contributed by atoms with Crippen LogP contribution in [0.5, 0.6) is 0 Å². The van der Waals surface area contributed by atoms with Crippen molar-refractivity contribution >= 4 is 15.9 Å². The van der Waals surface area contributed by atoms with E-state index in [0.29, 0.717) is 30.8 Å². The van der Waals surface area contributed by atoms with Gasteiger partial charge >= 0.3 is 0 Å². The van der Waals surface area contributed by atoms with Gasteiger partial charge in [0.15, 0.2) is 0 Å². The van der Waals surface area contributed by atoms with Gasteiger partial charge in [-0.15, -0.1) is 0 Å². The van der Waals surface area contributed by atoms with E-state index in [2.05, 4.69) is 5.32 Å². The summed E-state index contributed by atoms with van der Waals surface area (Å²) in [6.45, 7) is 0.962. The smallest absolute Gasteiger partial charge is 0.243 e. The number of piperidine rings is 1. The summed E-state index contributed by atoms with van der Waals surface area (Å²) in [6, 6.07) is 5.71. The summed E-state index contributed by atoms with van der Waals surface area (Å²) in [4.78, 5) is 12.9. The van der Waals surface area contributed by atoms with Gasteiger partial charge in [-0.1, -0.05) is 25.3 Å². The zero-order chi connectivity index (χ0) is 18.9. The van der Waals surface area contributed by atoms with E-state index >= 15 is 0 Å². The van der Waals surface area contributed by atoms with Gasteiger partial charge in [-0.25, -0.2) is 8.42 Å². The lowest BCUT2D eigenvalue weighted by Crippen LogP contribution is -2.48. The minimum Gasteiger partial charge on any atom is -0.353 e. The molecule has 27 heavy (non-hydrogen) atoms. The van der Waals surface area contributed by atoms with Crippen LogP contribution in [0.1, 0.15) is 62.5 Å². The first kappa shape index (κ1) is 18.9. The Morgan fingerprint density at radius 3 is 2.37 bits per heavy atom. The molecule has 1 heterocycles. The van der Waals surface area contributed by atoms with Gasteiger partial charge in [-0.2, -0.15) is 4.31 Å². The SMILES string of the molecule is O=C(NC1CCN(S(=O)(=O)c2ccc3c(c2)CCC3)CC1)C1CCCCC1. The summed E-state index contributed by atoms with van der Waals surface area (Å²) < 4.78 is 27.6. The standard InChI is InChI=1S/C21H30N2O3S/c24-21(17-5-2-1-3-6-17)22-19-11-13-23(14-12-19)27(25,26)20-10-9-16-7-4-8-18(16)15-20/h9-10,15,17,19H,1-8,11-14H2,(H,22,24). The first-order chi connectivity index (χ1) is 13.0. The molecule has 1 aliphatic heterocycles. The molecule has 2 aliphatic carbocycles. The van der Waals surface area contributed by atoms with Gasteiger partial charge in [-0.05, 0) is 68.2 Å². The van der Waals surface area contributed by atoms with Gasteiger partial charge in [0.2, 0.25) is 15.9 Å². The number of nitrogens with one attached hydrogen (secondary N) is 1. The largest absolute Gasteiger partial charge is 0.353 e. The molecular weight excluding hydrogens is 360 g/mol. The third-order valence-electron chi connectivity index (χ3n) is 6.48. The van der Waals surface area contributed by atoms with E-state index in [1.807, 2.05) is 12.1 Å². The maximum absolute atomic E-state index is 13.0. The van der Waals surface area contributed by atoms with Crippen LogP contribution in [0, 0.1) is 5.92 Å². The van der Waals surface area contributed by atoms with E-state index in [1.54, 1.807) is 10.4 Å². The number of hydrogen-bond donors (Lipinski definition) is 1. The fraction of sp³-hybridized carbons (Fsp3) is 0.667. The Kier molecular flexibility index (Phi) is 5.55. The Morgan fingerprint density at radius 2 is 1.63 bits per heavy atom. The average molecular weight is 391 g/mol. The van der Waals surface area contributed by atoms with E-state index in [-0.39, 0.29) is 17.9 Å². The van der Waals surface area contributed by atoms with Gasteiger partial charge in [0.25, 0.3) is 0 Å². The molecular formula is C21H30N2O3S. The predicted octanol–water partition coefficient (Wildman–Crippen LogP) is 3.02. The third kappa shape index (κ3) is 4.06. The molecule has 1 N–H and O–H groups in total. The first-order valence-electron chi connectivity index (χ1n) is 10.5. The lowest BCUT2D eigenvalue weighted by atomic mass is 9.88.